The molecule has 0 fully saturated rings. The zero-order valence-electron chi connectivity index (χ0n) is 12.0. The van der Waals surface area contributed by atoms with Crippen LogP contribution in [0.1, 0.15) is 30.8 Å². The Kier molecular flexibility index (Phi) is 4.87. The molecule has 21 heavy (non-hydrogen) atoms. The van der Waals surface area contributed by atoms with Crippen LogP contribution < -0.4 is 10.1 Å². The molecule has 0 saturated heterocycles. The first-order chi connectivity index (χ1) is 10.1. The highest BCUT2D eigenvalue weighted by Gasteiger charge is 2.09. The van der Waals surface area contributed by atoms with Gasteiger partial charge in [0.25, 0.3) is 5.91 Å². The van der Waals surface area contributed by atoms with E-state index >= 15 is 0 Å². The average Bonchev–Trinajstić information content (AvgIpc) is 2.47. The molecule has 4 nitrogen and oxygen atoms in total. The molecular weight excluding hydrogens is 271 g/mol. The number of carbonyl (C=O) groups is 1. The van der Waals surface area contributed by atoms with Crippen LogP contribution in [-0.2, 0) is 0 Å². The number of pyridine rings is 1. The molecule has 1 heterocycles. The van der Waals surface area contributed by atoms with Crippen molar-refractivity contribution in [1.82, 2.24) is 4.98 Å². The van der Waals surface area contributed by atoms with E-state index in [1.165, 1.54) is 18.2 Å². The Bertz CT molecular complexity index is 631. The Hall–Kier alpha value is -2.43. The Balaban J connectivity index is 2.09. The van der Waals surface area contributed by atoms with Gasteiger partial charge in [-0.05, 0) is 37.6 Å². The Morgan fingerprint density at radius 3 is 2.81 bits per heavy atom. The van der Waals surface area contributed by atoms with Crippen LogP contribution in [0.15, 0.2) is 42.5 Å². The maximum atomic E-state index is 13.0. The lowest BCUT2D eigenvalue weighted by molar-refractivity contribution is 0.102. The molecule has 1 aromatic heterocycles. The number of ether oxygens (including phenoxy) is 1. The van der Waals surface area contributed by atoms with Gasteiger partial charge in [-0.1, -0.05) is 19.1 Å². The maximum absolute atomic E-state index is 13.0. The summed E-state index contributed by atoms with van der Waals surface area (Å²) in [6.07, 6.45) is 0.991. The topological polar surface area (TPSA) is 51.2 Å². The number of carbonyl (C=O) groups excluding carboxylic acids is 1. The third kappa shape index (κ3) is 4.27. The number of nitrogens with zero attached hydrogens (tertiary/aromatic N) is 1. The van der Waals surface area contributed by atoms with Crippen molar-refractivity contribution >= 4 is 11.6 Å². The molecule has 0 aliphatic carbocycles. The molecule has 2 rings (SSSR count). The van der Waals surface area contributed by atoms with Gasteiger partial charge in [-0.2, -0.15) is 4.39 Å². The summed E-state index contributed by atoms with van der Waals surface area (Å²) in [7, 11) is 0. The minimum atomic E-state index is -0.684. The smallest absolute Gasteiger partial charge is 0.274 e. The van der Waals surface area contributed by atoms with Gasteiger partial charge >= 0.3 is 0 Å². The van der Waals surface area contributed by atoms with Crippen LogP contribution in [0.25, 0.3) is 0 Å². The van der Waals surface area contributed by atoms with Gasteiger partial charge in [0.15, 0.2) is 0 Å². The van der Waals surface area contributed by atoms with E-state index in [1.54, 1.807) is 18.2 Å². The van der Waals surface area contributed by atoms with Crippen molar-refractivity contribution in [3.63, 3.8) is 0 Å². The lowest BCUT2D eigenvalue weighted by atomic mass is 10.2. The van der Waals surface area contributed by atoms with E-state index in [2.05, 4.69) is 10.3 Å². The van der Waals surface area contributed by atoms with Gasteiger partial charge in [0.1, 0.15) is 11.4 Å². The zero-order valence-corrected chi connectivity index (χ0v) is 12.0. The van der Waals surface area contributed by atoms with Gasteiger partial charge in [-0.15, -0.1) is 0 Å². The molecule has 0 saturated carbocycles. The van der Waals surface area contributed by atoms with E-state index < -0.39 is 11.9 Å². The van der Waals surface area contributed by atoms with Gasteiger partial charge in [0.2, 0.25) is 5.95 Å². The predicted molar refractivity (Wildman–Crippen MR) is 79.0 cm³/mol. The minimum absolute atomic E-state index is 0.0308. The summed E-state index contributed by atoms with van der Waals surface area (Å²) in [6, 6.07) is 11.2. The van der Waals surface area contributed by atoms with E-state index in [0.717, 1.165) is 6.42 Å². The Morgan fingerprint density at radius 1 is 1.33 bits per heavy atom. The third-order valence-corrected chi connectivity index (χ3v) is 2.95. The lowest BCUT2D eigenvalue weighted by Crippen LogP contribution is -2.14. The van der Waals surface area contributed by atoms with E-state index in [-0.39, 0.29) is 11.8 Å². The molecular formula is C16H17FN2O2. The molecule has 0 spiro atoms. The van der Waals surface area contributed by atoms with Crippen molar-refractivity contribution in [1.29, 1.82) is 0 Å². The molecule has 1 unspecified atom stereocenters. The Morgan fingerprint density at radius 2 is 2.10 bits per heavy atom. The summed E-state index contributed by atoms with van der Waals surface area (Å²) >= 11 is 0. The third-order valence-electron chi connectivity index (χ3n) is 2.95. The molecule has 1 amide bonds. The molecule has 5 heteroatoms. The van der Waals surface area contributed by atoms with Crippen LogP contribution in [0.2, 0.25) is 0 Å². The summed E-state index contributed by atoms with van der Waals surface area (Å²) in [5.41, 5.74) is 0.607. The van der Waals surface area contributed by atoms with Crippen molar-refractivity contribution in [2.75, 3.05) is 5.32 Å². The highest BCUT2D eigenvalue weighted by atomic mass is 19.1. The quantitative estimate of drug-likeness (QED) is 0.854. The van der Waals surface area contributed by atoms with E-state index in [4.69, 9.17) is 4.74 Å². The highest BCUT2D eigenvalue weighted by molar-refractivity contribution is 6.02. The SMILES string of the molecule is CCC(C)Oc1cccc(NC(=O)c2cccc(F)n2)c1. The number of benzene rings is 1. The van der Waals surface area contributed by atoms with Crippen molar-refractivity contribution in [2.24, 2.45) is 0 Å². The van der Waals surface area contributed by atoms with E-state index in [0.29, 0.717) is 11.4 Å². The van der Waals surface area contributed by atoms with Gasteiger partial charge < -0.3 is 10.1 Å². The number of hydrogen-bond acceptors (Lipinski definition) is 3. The molecule has 1 aromatic carbocycles. The van der Waals surface area contributed by atoms with Crippen LogP contribution in [0.3, 0.4) is 0 Å². The monoisotopic (exact) mass is 288 g/mol. The number of aromatic nitrogens is 1. The van der Waals surface area contributed by atoms with Gasteiger partial charge in [-0.25, -0.2) is 4.98 Å². The highest BCUT2D eigenvalue weighted by Crippen LogP contribution is 2.19. The molecule has 1 atom stereocenters. The summed E-state index contributed by atoms with van der Waals surface area (Å²) in [5.74, 6) is -0.471. The van der Waals surface area contributed by atoms with Gasteiger partial charge in [0, 0.05) is 11.8 Å². The second kappa shape index (κ2) is 6.83. The van der Waals surface area contributed by atoms with E-state index in [9.17, 15) is 9.18 Å². The maximum Gasteiger partial charge on any atom is 0.274 e. The second-order valence-corrected chi connectivity index (χ2v) is 4.66. The molecule has 0 bridgehead atoms. The predicted octanol–water partition coefficient (Wildman–Crippen LogP) is 3.65. The number of rotatable bonds is 5. The van der Waals surface area contributed by atoms with Crippen LogP contribution in [0, 0.1) is 5.95 Å². The lowest BCUT2D eigenvalue weighted by Gasteiger charge is -2.13. The summed E-state index contributed by atoms with van der Waals surface area (Å²) in [4.78, 5) is 15.5. The van der Waals surface area contributed by atoms with Crippen LogP contribution in [-0.4, -0.2) is 17.0 Å². The van der Waals surface area contributed by atoms with Crippen molar-refractivity contribution in [3.05, 3.63) is 54.1 Å². The molecule has 1 N–H and O–H groups in total. The van der Waals surface area contributed by atoms with Gasteiger partial charge in [0.05, 0.1) is 6.10 Å². The molecule has 0 aliphatic rings. The molecule has 2 aromatic rings. The number of nitrogens with one attached hydrogen (secondary N) is 1. The zero-order chi connectivity index (χ0) is 15.2. The summed E-state index contributed by atoms with van der Waals surface area (Å²) in [5, 5.41) is 2.67. The van der Waals surface area contributed by atoms with Crippen LogP contribution >= 0.6 is 0 Å². The molecule has 0 radical (unpaired) electrons. The fourth-order valence-corrected chi connectivity index (χ4v) is 1.69. The molecule has 110 valence electrons. The fraction of sp³-hybridized carbons (Fsp3) is 0.250. The van der Waals surface area contributed by atoms with Crippen molar-refractivity contribution in [2.45, 2.75) is 26.4 Å². The number of hydrogen-bond donors (Lipinski definition) is 1. The fourth-order valence-electron chi connectivity index (χ4n) is 1.69. The van der Waals surface area contributed by atoms with E-state index in [1.807, 2.05) is 19.9 Å². The minimum Gasteiger partial charge on any atom is -0.491 e. The number of anilines is 1. The summed E-state index contributed by atoms with van der Waals surface area (Å²) < 4.78 is 18.7. The average molecular weight is 288 g/mol. The first-order valence-corrected chi connectivity index (χ1v) is 6.79. The standard InChI is InChI=1S/C16H17FN2O2/c1-3-11(2)21-13-7-4-6-12(10-13)18-16(20)14-8-5-9-15(17)19-14/h4-11H,3H2,1-2H3,(H,18,20). The normalized spacial score (nSPS) is 11.8. The van der Waals surface area contributed by atoms with Crippen molar-refractivity contribution in [3.8, 4) is 5.75 Å². The number of halogens is 1. The Labute approximate surface area is 123 Å². The molecule has 0 aliphatic heterocycles. The second-order valence-electron chi connectivity index (χ2n) is 4.66. The summed E-state index contributed by atoms with van der Waals surface area (Å²) in [6.45, 7) is 4.01. The first kappa shape index (κ1) is 15.0. The largest absolute Gasteiger partial charge is 0.491 e. The number of amides is 1. The van der Waals surface area contributed by atoms with Gasteiger partial charge in [-0.3, -0.25) is 4.79 Å². The van der Waals surface area contributed by atoms with Crippen LogP contribution in [0.5, 0.6) is 5.75 Å². The van der Waals surface area contributed by atoms with Crippen molar-refractivity contribution < 1.29 is 13.9 Å². The van der Waals surface area contributed by atoms with Crippen LogP contribution in [0.4, 0.5) is 10.1 Å². The first-order valence-electron chi connectivity index (χ1n) is 6.79.